The van der Waals surface area contributed by atoms with E-state index in [9.17, 15) is 8.78 Å². The van der Waals surface area contributed by atoms with Gasteiger partial charge in [0.15, 0.2) is 69.8 Å². The molecule has 1 nitrogen and oxygen atoms in total. The molecule has 0 spiro atoms. The summed E-state index contributed by atoms with van der Waals surface area (Å²) in [7, 11) is 0. The van der Waals surface area contributed by atoms with Gasteiger partial charge >= 0.3 is 0 Å². The lowest BCUT2D eigenvalue weighted by atomic mass is 9.85. The molecule has 224 valence electrons. The lowest BCUT2D eigenvalue weighted by Gasteiger charge is -2.31. The summed E-state index contributed by atoms with van der Waals surface area (Å²) in [5.41, 5.74) is -12.4. The zero-order valence-corrected chi connectivity index (χ0v) is 22.6. The summed E-state index contributed by atoms with van der Waals surface area (Å²) in [6.45, 7) is 7.57. The summed E-state index contributed by atoms with van der Waals surface area (Å²) < 4.78 is 183. The molecule has 0 unspecified atom stereocenters. The largest absolute Gasteiger partial charge is 0.294 e. The third kappa shape index (κ3) is 4.90. The maximum Gasteiger partial charge on any atom is 0.197 e. The van der Waals surface area contributed by atoms with Gasteiger partial charge in [-0.25, -0.2) is 52.7 Å². The van der Waals surface area contributed by atoms with E-state index >= 15 is 43.9 Å². The van der Waals surface area contributed by atoms with Gasteiger partial charge in [-0.1, -0.05) is 48.5 Å². The van der Waals surface area contributed by atoms with Crippen molar-refractivity contribution >= 4 is 17.1 Å². The summed E-state index contributed by atoms with van der Waals surface area (Å²) in [4.78, 5) is -0.912. The van der Waals surface area contributed by atoms with E-state index in [1.54, 1.807) is 0 Å². The first-order valence-corrected chi connectivity index (χ1v) is 12.1. The first-order chi connectivity index (χ1) is 18.7. The monoisotopic (exact) mass is 601 g/mol. The van der Waals surface area contributed by atoms with Crippen molar-refractivity contribution in [3.05, 3.63) is 86.5 Å². The van der Waals surface area contributed by atoms with Crippen LogP contribution in [0, 0.1) is 69.8 Å². The average Bonchev–Trinajstić information content (AvgIpc) is 2.84. The standard InChI is InChI=1S/C28H23F12N/c1-8(2)10-13(29)20(36)26(21(37)14(10)30)41(27-22(38)15(31)11(9(3)4)16(32)23(27)39)25-18(34)12(28(5,6)7)17(33)19(35)24(25)40/h8-9H,1-7H3. The molecule has 0 aliphatic carbocycles. The number of nitrogens with zero attached hydrogens (tertiary/aromatic N) is 1. The topological polar surface area (TPSA) is 3.24 Å². The van der Waals surface area contributed by atoms with Crippen LogP contribution in [-0.2, 0) is 5.41 Å². The van der Waals surface area contributed by atoms with Gasteiger partial charge in [-0.15, -0.1) is 0 Å². The predicted octanol–water partition coefficient (Wildman–Crippen LogP) is 10.4. The van der Waals surface area contributed by atoms with Gasteiger partial charge in [0.25, 0.3) is 0 Å². The van der Waals surface area contributed by atoms with Gasteiger partial charge < -0.3 is 0 Å². The maximum absolute atomic E-state index is 15.9. The molecule has 0 radical (unpaired) electrons. The normalized spacial score (nSPS) is 12.2. The second-order valence-corrected chi connectivity index (χ2v) is 10.9. The second kappa shape index (κ2) is 10.8. The van der Waals surface area contributed by atoms with Crippen molar-refractivity contribution in [3.8, 4) is 0 Å². The Hall–Kier alpha value is -3.38. The number of halogens is 12. The Morgan fingerprint density at radius 3 is 0.927 bits per heavy atom. The molecular weight excluding hydrogens is 578 g/mol. The van der Waals surface area contributed by atoms with Gasteiger partial charge in [-0.2, -0.15) is 0 Å². The van der Waals surface area contributed by atoms with Crippen molar-refractivity contribution < 1.29 is 52.7 Å². The molecule has 0 aromatic heterocycles. The van der Waals surface area contributed by atoms with Gasteiger partial charge in [-0.3, -0.25) is 4.90 Å². The van der Waals surface area contributed by atoms with Gasteiger partial charge in [0.2, 0.25) is 0 Å². The number of anilines is 3. The molecule has 0 saturated carbocycles. The molecule has 0 N–H and O–H groups in total. The van der Waals surface area contributed by atoms with E-state index in [1.165, 1.54) is 0 Å². The van der Waals surface area contributed by atoms with Crippen molar-refractivity contribution in [2.45, 2.75) is 65.7 Å². The van der Waals surface area contributed by atoms with Crippen LogP contribution in [0.4, 0.5) is 69.7 Å². The highest BCUT2D eigenvalue weighted by molar-refractivity contribution is 5.80. The zero-order chi connectivity index (χ0) is 31.6. The van der Waals surface area contributed by atoms with Crippen molar-refractivity contribution in [1.82, 2.24) is 0 Å². The van der Waals surface area contributed by atoms with Crippen LogP contribution in [0.15, 0.2) is 0 Å². The summed E-state index contributed by atoms with van der Waals surface area (Å²) in [5.74, 6) is -31.0. The van der Waals surface area contributed by atoms with Crippen LogP contribution in [0.25, 0.3) is 0 Å². The number of hydrogen-bond donors (Lipinski definition) is 0. The fourth-order valence-electron chi connectivity index (χ4n) is 4.49. The molecule has 13 heteroatoms. The molecule has 0 amide bonds. The maximum atomic E-state index is 15.9. The second-order valence-electron chi connectivity index (χ2n) is 10.9. The lowest BCUT2D eigenvalue weighted by molar-refractivity contribution is 0.399. The first kappa shape index (κ1) is 32.1. The number of benzene rings is 3. The van der Waals surface area contributed by atoms with Gasteiger partial charge in [0.1, 0.15) is 17.1 Å². The van der Waals surface area contributed by atoms with E-state index in [1.807, 2.05) is 0 Å². The van der Waals surface area contributed by atoms with Crippen molar-refractivity contribution in [2.75, 3.05) is 4.90 Å². The summed E-state index contributed by atoms with van der Waals surface area (Å²) in [6.07, 6.45) is 0. The van der Waals surface area contributed by atoms with E-state index < -0.39 is 126 Å². The molecule has 3 aromatic rings. The minimum atomic E-state index is -2.69. The van der Waals surface area contributed by atoms with Crippen molar-refractivity contribution in [2.24, 2.45) is 0 Å². The van der Waals surface area contributed by atoms with Crippen molar-refractivity contribution in [3.63, 3.8) is 0 Å². The summed E-state index contributed by atoms with van der Waals surface area (Å²) in [5, 5.41) is 0. The Labute approximate surface area is 227 Å². The summed E-state index contributed by atoms with van der Waals surface area (Å²) in [6, 6.07) is 0. The predicted molar refractivity (Wildman–Crippen MR) is 127 cm³/mol. The molecule has 0 atom stereocenters. The molecule has 3 aromatic carbocycles. The van der Waals surface area contributed by atoms with Crippen LogP contribution in [0.3, 0.4) is 0 Å². The van der Waals surface area contributed by atoms with E-state index in [4.69, 9.17) is 0 Å². The van der Waals surface area contributed by atoms with Crippen LogP contribution >= 0.6 is 0 Å². The van der Waals surface area contributed by atoms with Gasteiger partial charge in [0.05, 0.1) is 0 Å². The Morgan fingerprint density at radius 1 is 0.390 bits per heavy atom. The number of rotatable bonds is 5. The third-order valence-corrected chi connectivity index (χ3v) is 6.36. The van der Waals surface area contributed by atoms with Crippen LogP contribution in [-0.4, -0.2) is 0 Å². The smallest absolute Gasteiger partial charge is 0.197 e. The SMILES string of the molecule is CC(C)c1c(F)c(F)c(N(c2c(F)c(F)c(C(C)C)c(F)c2F)c2c(F)c(F)c(F)c(C(C)(C)C)c2F)c(F)c1F. The Kier molecular flexibility index (Phi) is 8.46. The molecule has 0 heterocycles. The lowest BCUT2D eigenvalue weighted by Crippen LogP contribution is -2.27. The minimum absolute atomic E-state index is 0.912. The van der Waals surface area contributed by atoms with Gasteiger partial charge in [0, 0.05) is 16.7 Å². The molecule has 0 saturated heterocycles. The fourth-order valence-corrected chi connectivity index (χ4v) is 4.49. The fraction of sp³-hybridized carbons (Fsp3) is 0.357. The first-order valence-electron chi connectivity index (χ1n) is 12.1. The molecule has 41 heavy (non-hydrogen) atoms. The zero-order valence-electron chi connectivity index (χ0n) is 22.6. The molecule has 3 rings (SSSR count). The molecule has 0 aliphatic heterocycles. The molecule has 0 fully saturated rings. The highest BCUT2D eigenvalue weighted by atomic mass is 19.2. The van der Waals surface area contributed by atoms with Crippen molar-refractivity contribution in [1.29, 1.82) is 0 Å². The van der Waals surface area contributed by atoms with Crippen LogP contribution in [0.2, 0.25) is 0 Å². The molecule has 0 bridgehead atoms. The van der Waals surface area contributed by atoms with E-state index in [0.717, 1.165) is 48.5 Å². The number of hydrogen-bond acceptors (Lipinski definition) is 1. The van der Waals surface area contributed by atoms with E-state index in [0.29, 0.717) is 0 Å². The van der Waals surface area contributed by atoms with Crippen LogP contribution < -0.4 is 4.90 Å². The molecule has 0 aliphatic rings. The quantitative estimate of drug-likeness (QED) is 0.160. The highest BCUT2D eigenvalue weighted by Crippen LogP contribution is 2.49. The van der Waals surface area contributed by atoms with E-state index in [2.05, 4.69) is 0 Å². The van der Waals surface area contributed by atoms with E-state index in [-0.39, 0.29) is 0 Å². The van der Waals surface area contributed by atoms with Gasteiger partial charge in [-0.05, 0) is 17.3 Å². The Bertz CT molecular complexity index is 1420. The molecular formula is C28H23F12N. The average molecular weight is 601 g/mol. The highest BCUT2D eigenvalue weighted by Gasteiger charge is 2.42. The Balaban J connectivity index is 2.75. The van der Waals surface area contributed by atoms with Crippen LogP contribution in [0.1, 0.15) is 77.0 Å². The van der Waals surface area contributed by atoms with Crippen LogP contribution in [0.5, 0.6) is 0 Å². The minimum Gasteiger partial charge on any atom is -0.294 e. The Morgan fingerprint density at radius 2 is 0.659 bits per heavy atom. The summed E-state index contributed by atoms with van der Waals surface area (Å²) >= 11 is 0. The third-order valence-electron chi connectivity index (χ3n) is 6.36.